The summed E-state index contributed by atoms with van der Waals surface area (Å²) in [7, 11) is -3.56. The number of amides is 1. The Labute approximate surface area is 156 Å². The molecule has 0 aliphatic heterocycles. The van der Waals surface area contributed by atoms with Crippen molar-refractivity contribution in [2.75, 3.05) is 4.72 Å². The lowest BCUT2D eigenvalue weighted by atomic mass is 10.1. The minimum Gasteiger partial charge on any atom is -0.352 e. The number of hydrogen-bond acceptors (Lipinski definition) is 4. The van der Waals surface area contributed by atoms with Crippen LogP contribution in [0.5, 0.6) is 0 Å². The standard InChI is InChI=1S/C19H18N2O3S2/c22-18(20-14-16-5-2-1-3-6-16)13-15-8-10-17(11-9-15)21-26(23,24)19-7-4-12-25-19/h1-12,21H,13-14H2,(H,20,22). The van der Waals surface area contributed by atoms with Gasteiger partial charge in [-0.1, -0.05) is 48.5 Å². The SMILES string of the molecule is O=C(Cc1ccc(NS(=O)(=O)c2cccs2)cc1)NCc1ccccc1. The fourth-order valence-corrected chi connectivity index (χ4v) is 4.41. The fraction of sp³-hybridized carbons (Fsp3) is 0.105. The second-order valence-electron chi connectivity index (χ2n) is 5.67. The van der Waals surface area contributed by atoms with Crippen molar-refractivity contribution >= 4 is 33.0 Å². The van der Waals surface area contributed by atoms with Crippen molar-refractivity contribution in [3.63, 3.8) is 0 Å². The normalized spacial score (nSPS) is 11.1. The predicted molar refractivity (Wildman–Crippen MR) is 104 cm³/mol. The second-order valence-corrected chi connectivity index (χ2v) is 8.53. The van der Waals surface area contributed by atoms with Gasteiger partial charge in [0, 0.05) is 12.2 Å². The van der Waals surface area contributed by atoms with E-state index in [4.69, 9.17) is 0 Å². The van der Waals surface area contributed by atoms with Crippen molar-refractivity contribution in [3.8, 4) is 0 Å². The molecule has 2 N–H and O–H groups in total. The van der Waals surface area contributed by atoms with Crippen molar-refractivity contribution < 1.29 is 13.2 Å². The van der Waals surface area contributed by atoms with Crippen LogP contribution in [0.15, 0.2) is 76.3 Å². The number of benzene rings is 2. The number of thiophene rings is 1. The zero-order valence-electron chi connectivity index (χ0n) is 13.9. The van der Waals surface area contributed by atoms with Crippen LogP contribution in [0.4, 0.5) is 5.69 Å². The van der Waals surface area contributed by atoms with Gasteiger partial charge in [-0.25, -0.2) is 8.42 Å². The summed E-state index contributed by atoms with van der Waals surface area (Å²) in [4.78, 5) is 12.0. The highest BCUT2D eigenvalue weighted by Crippen LogP contribution is 2.20. The second kappa shape index (κ2) is 8.16. The number of anilines is 1. The van der Waals surface area contributed by atoms with E-state index in [0.717, 1.165) is 22.5 Å². The van der Waals surface area contributed by atoms with E-state index in [9.17, 15) is 13.2 Å². The summed E-state index contributed by atoms with van der Waals surface area (Å²) >= 11 is 1.16. The maximum absolute atomic E-state index is 12.2. The summed E-state index contributed by atoms with van der Waals surface area (Å²) in [5.41, 5.74) is 2.32. The molecular formula is C19H18N2O3S2. The lowest BCUT2D eigenvalue weighted by Gasteiger charge is -2.08. The first kappa shape index (κ1) is 18.2. The molecule has 1 aromatic heterocycles. The quantitative estimate of drug-likeness (QED) is 0.653. The van der Waals surface area contributed by atoms with Gasteiger partial charge in [-0.2, -0.15) is 0 Å². The smallest absolute Gasteiger partial charge is 0.271 e. The third-order valence-electron chi connectivity index (χ3n) is 3.66. The van der Waals surface area contributed by atoms with Crippen molar-refractivity contribution in [3.05, 3.63) is 83.2 Å². The van der Waals surface area contributed by atoms with Crippen LogP contribution in [0, 0.1) is 0 Å². The molecule has 1 heterocycles. The van der Waals surface area contributed by atoms with Gasteiger partial charge in [0.05, 0.1) is 6.42 Å². The van der Waals surface area contributed by atoms with Crippen molar-refractivity contribution in [2.45, 2.75) is 17.2 Å². The van der Waals surface area contributed by atoms with Crippen LogP contribution in [-0.4, -0.2) is 14.3 Å². The van der Waals surface area contributed by atoms with E-state index in [-0.39, 0.29) is 16.5 Å². The highest BCUT2D eigenvalue weighted by Gasteiger charge is 2.15. The van der Waals surface area contributed by atoms with Crippen LogP contribution in [-0.2, 0) is 27.8 Å². The Morgan fingerprint density at radius 1 is 0.885 bits per heavy atom. The summed E-state index contributed by atoms with van der Waals surface area (Å²) in [5, 5.41) is 4.58. The third-order valence-corrected chi connectivity index (χ3v) is 6.44. The van der Waals surface area contributed by atoms with Crippen molar-refractivity contribution in [1.82, 2.24) is 5.32 Å². The summed E-state index contributed by atoms with van der Waals surface area (Å²) in [5.74, 6) is -0.0826. The fourth-order valence-electron chi connectivity index (χ4n) is 2.36. The molecule has 0 spiro atoms. The molecule has 0 saturated heterocycles. The molecule has 3 aromatic rings. The minimum absolute atomic E-state index is 0.0826. The first-order valence-electron chi connectivity index (χ1n) is 7.99. The predicted octanol–water partition coefficient (Wildman–Crippen LogP) is 3.41. The van der Waals surface area contributed by atoms with Gasteiger partial charge >= 0.3 is 0 Å². The van der Waals surface area contributed by atoms with Crippen LogP contribution < -0.4 is 10.0 Å². The first-order valence-corrected chi connectivity index (χ1v) is 10.3. The van der Waals surface area contributed by atoms with E-state index in [1.54, 1.807) is 41.8 Å². The minimum atomic E-state index is -3.56. The van der Waals surface area contributed by atoms with E-state index in [1.165, 1.54) is 0 Å². The molecule has 5 nitrogen and oxygen atoms in total. The zero-order valence-corrected chi connectivity index (χ0v) is 15.5. The lowest BCUT2D eigenvalue weighted by molar-refractivity contribution is -0.120. The Morgan fingerprint density at radius 3 is 2.27 bits per heavy atom. The topological polar surface area (TPSA) is 75.3 Å². The third kappa shape index (κ3) is 4.93. The molecule has 0 unspecified atom stereocenters. The molecule has 0 saturated carbocycles. The maximum Gasteiger partial charge on any atom is 0.271 e. The highest BCUT2D eigenvalue weighted by molar-refractivity contribution is 7.94. The number of carbonyl (C=O) groups excluding carboxylic acids is 1. The van der Waals surface area contributed by atoms with E-state index in [1.807, 2.05) is 30.3 Å². The van der Waals surface area contributed by atoms with Crippen molar-refractivity contribution in [1.29, 1.82) is 0 Å². The van der Waals surface area contributed by atoms with Gasteiger partial charge in [0.25, 0.3) is 10.0 Å². The molecular weight excluding hydrogens is 368 g/mol. The highest BCUT2D eigenvalue weighted by atomic mass is 32.2. The number of sulfonamides is 1. The molecule has 0 fully saturated rings. The van der Waals surface area contributed by atoms with Crippen LogP contribution in [0.3, 0.4) is 0 Å². The van der Waals surface area contributed by atoms with Gasteiger partial charge in [0.1, 0.15) is 4.21 Å². The van der Waals surface area contributed by atoms with E-state index in [0.29, 0.717) is 12.2 Å². The largest absolute Gasteiger partial charge is 0.352 e. The van der Waals surface area contributed by atoms with Gasteiger partial charge < -0.3 is 5.32 Å². The Balaban J connectivity index is 1.55. The Hall–Kier alpha value is -2.64. The Kier molecular flexibility index (Phi) is 5.70. The summed E-state index contributed by atoms with van der Waals surface area (Å²) in [6.45, 7) is 0.484. The Morgan fingerprint density at radius 2 is 1.62 bits per heavy atom. The maximum atomic E-state index is 12.2. The number of hydrogen-bond donors (Lipinski definition) is 2. The van der Waals surface area contributed by atoms with E-state index < -0.39 is 10.0 Å². The molecule has 0 aliphatic carbocycles. The monoisotopic (exact) mass is 386 g/mol. The molecule has 3 rings (SSSR count). The molecule has 0 aliphatic rings. The van der Waals surface area contributed by atoms with Gasteiger partial charge in [0.15, 0.2) is 0 Å². The van der Waals surface area contributed by atoms with Gasteiger partial charge in [-0.3, -0.25) is 9.52 Å². The lowest BCUT2D eigenvalue weighted by Crippen LogP contribution is -2.24. The molecule has 26 heavy (non-hydrogen) atoms. The molecule has 1 amide bonds. The molecule has 7 heteroatoms. The van der Waals surface area contributed by atoms with E-state index in [2.05, 4.69) is 10.0 Å². The number of nitrogens with one attached hydrogen (secondary N) is 2. The van der Waals surface area contributed by atoms with Gasteiger partial charge in [-0.05, 0) is 34.7 Å². The summed E-state index contributed by atoms with van der Waals surface area (Å²) < 4.78 is 27.2. The van der Waals surface area contributed by atoms with Gasteiger partial charge in [0.2, 0.25) is 5.91 Å². The molecule has 134 valence electrons. The molecule has 2 aromatic carbocycles. The summed E-state index contributed by atoms with van der Waals surface area (Å²) in [6, 6.07) is 19.7. The molecule has 0 atom stereocenters. The van der Waals surface area contributed by atoms with Crippen LogP contribution in [0.25, 0.3) is 0 Å². The van der Waals surface area contributed by atoms with Crippen LogP contribution in [0.1, 0.15) is 11.1 Å². The average Bonchev–Trinajstić information content (AvgIpc) is 3.18. The van der Waals surface area contributed by atoms with Crippen LogP contribution >= 0.6 is 11.3 Å². The molecule has 0 bridgehead atoms. The van der Waals surface area contributed by atoms with Gasteiger partial charge in [-0.15, -0.1) is 11.3 Å². The number of rotatable bonds is 7. The summed E-state index contributed by atoms with van der Waals surface area (Å²) in [6.07, 6.45) is 0.241. The van der Waals surface area contributed by atoms with E-state index >= 15 is 0 Å². The zero-order chi connectivity index (χ0) is 18.4. The number of carbonyl (C=O) groups is 1. The molecule has 0 radical (unpaired) electrons. The average molecular weight is 386 g/mol. The van der Waals surface area contributed by atoms with Crippen molar-refractivity contribution in [2.24, 2.45) is 0 Å². The van der Waals surface area contributed by atoms with Crippen LogP contribution in [0.2, 0.25) is 0 Å². The Bertz CT molecular complexity index is 952. The first-order chi connectivity index (χ1) is 12.5.